The van der Waals surface area contributed by atoms with Crippen molar-refractivity contribution < 1.29 is 9.53 Å². The Bertz CT molecular complexity index is 318. The molecule has 1 aromatic carbocycles. The molecule has 0 amide bonds. The minimum absolute atomic E-state index is 0.0683. The van der Waals surface area contributed by atoms with Crippen LogP contribution in [0.5, 0.6) is 0 Å². The van der Waals surface area contributed by atoms with E-state index in [1.54, 1.807) is 0 Å². The topological polar surface area (TPSA) is 26.3 Å². The van der Waals surface area contributed by atoms with Crippen LogP contribution in [0.4, 0.5) is 0 Å². The van der Waals surface area contributed by atoms with E-state index in [1.165, 1.54) is 5.56 Å². The number of ether oxygens (including phenoxy) is 1. The van der Waals surface area contributed by atoms with Gasteiger partial charge in [0.05, 0.1) is 0 Å². The van der Waals surface area contributed by atoms with Gasteiger partial charge in [0.15, 0.2) is 5.78 Å². The first-order valence-corrected chi connectivity index (χ1v) is 5.47. The zero-order chi connectivity index (χ0) is 11.1. The summed E-state index contributed by atoms with van der Waals surface area (Å²) in [7, 11) is 0. The molecule has 0 saturated carbocycles. The molecule has 0 aromatic heterocycles. The molecule has 0 atom stereocenters. The van der Waals surface area contributed by atoms with Gasteiger partial charge in [0.2, 0.25) is 0 Å². The third kappa shape index (κ3) is 3.84. The van der Waals surface area contributed by atoms with Crippen LogP contribution in [0.25, 0.3) is 0 Å². The average Bonchev–Trinajstić information content (AvgIpc) is 2.29. The molecule has 0 bridgehead atoms. The van der Waals surface area contributed by atoms with Crippen LogP contribution < -0.4 is 0 Å². The first kappa shape index (κ1) is 11.9. The molecule has 2 heteroatoms. The van der Waals surface area contributed by atoms with E-state index in [2.05, 4.69) is 6.92 Å². The summed E-state index contributed by atoms with van der Waals surface area (Å²) in [6.45, 7) is 4.96. The van der Waals surface area contributed by atoms with Gasteiger partial charge in [-0.3, -0.25) is 4.79 Å². The second kappa shape index (κ2) is 6.36. The fraction of sp³-hybridized carbons (Fsp3) is 0.462. The van der Waals surface area contributed by atoms with Crippen molar-refractivity contribution in [2.45, 2.75) is 26.7 Å². The summed E-state index contributed by atoms with van der Waals surface area (Å²) < 4.78 is 5.22. The second-order valence-electron chi connectivity index (χ2n) is 3.53. The zero-order valence-electron chi connectivity index (χ0n) is 9.45. The highest BCUT2D eigenvalue weighted by Crippen LogP contribution is 2.07. The van der Waals surface area contributed by atoms with Gasteiger partial charge in [0, 0.05) is 12.2 Å². The molecule has 0 heterocycles. The molecular formula is C13H18O2. The van der Waals surface area contributed by atoms with E-state index in [9.17, 15) is 4.79 Å². The maximum Gasteiger partial charge on any atom is 0.188 e. The van der Waals surface area contributed by atoms with Crippen molar-refractivity contribution in [3.63, 3.8) is 0 Å². The lowest BCUT2D eigenvalue weighted by Gasteiger charge is -2.03. The number of aryl methyl sites for hydroxylation is 1. The van der Waals surface area contributed by atoms with Crippen LogP contribution in [0.3, 0.4) is 0 Å². The molecule has 82 valence electrons. The summed E-state index contributed by atoms with van der Waals surface area (Å²) in [5, 5.41) is 0. The Kier molecular flexibility index (Phi) is 5.05. The van der Waals surface area contributed by atoms with Crippen LogP contribution >= 0.6 is 0 Å². The fourth-order valence-electron chi connectivity index (χ4n) is 1.36. The highest BCUT2D eigenvalue weighted by molar-refractivity contribution is 5.97. The van der Waals surface area contributed by atoms with E-state index in [0.29, 0.717) is 6.61 Å². The van der Waals surface area contributed by atoms with Gasteiger partial charge in [-0.1, -0.05) is 32.0 Å². The third-order valence-electron chi connectivity index (χ3n) is 2.24. The van der Waals surface area contributed by atoms with Crippen molar-refractivity contribution >= 4 is 5.78 Å². The Morgan fingerprint density at radius 2 is 2.13 bits per heavy atom. The molecule has 0 aliphatic carbocycles. The monoisotopic (exact) mass is 206 g/mol. The van der Waals surface area contributed by atoms with Crippen LogP contribution in [0, 0.1) is 0 Å². The summed E-state index contributed by atoms with van der Waals surface area (Å²) in [6, 6.07) is 7.74. The Labute approximate surface area is 91.3 Å². The average molecular weight is 206 g/mol. The minimum atomic E-state index is 0.0683. The maximum atomic E-state index is 11.7. The summed E-state index contributed by atoms with van der Waals surface area (Å²) in [5.41, 5.74) is 1.95. The Morgan fingerprint density at radius 1 is 1.33 bits per heavy atom. The van der Waals surface area contributed by atoms with E-state index >= 15 is 0 Å². The molecule has 1 rings (SSSR count). The van der Waals surface area contributed by atoms with E-state index in [0.717, 1.165) is 18.4 Å². The van der Waals surface area contributed by atoms with Gasteiger partial charge >= 0.3 is 0 Å². The third-order valence-corrected chi connectivity index (χ3v) is 2.24. The van der Waals surface area contributed by atoms with Crippen molar-refractivity contribution in [3.05, 3.63) is 35.4 Å². The Balaban J connectivity index is 2.57. The molecule has 2 nitrogen and oxygen atoms in total. The van der Waals surface area contributed by atoms with Crippen molar-refractivity contribution in [2.75, 3.05) is 13.2 Å². The molecule has 0 radical (unpaired) electrons. The molecule has 0 fully saturated rings. The lowest BCUT2D eigenvalue weighted by molar-refractivity contribution is 0.0761. The zero-order valence-corrected chi connectivity index (χ0v) is 9.45. The minimum Gasteiger partial charge on any atom is -0.373 e. The normalized spacial score (nSPS) is 10.3. The van der Waals surface area contributed by atoms with Crippen molar-refractivity contribution in [1.29, 1.82) is 0 Å². The highest BCUT2D eigenvalue weighted by atomic mass is 16.5. The summed E-state index contributed by atoms with van der Waals surface area (Å²) in [6.07, 6.45) is 1.90. The largest absolute Gasteiger partial charge is 0.373 e. The van der Waals surface area contributed by atoms with Crippen LogP contribution in [0.1, 0.15) is 36.2 Å². The predicted molar refractivity (Wildman–Crippen MR) is 61.3 cm³/mol. The first-order valence-electron chi connectivity index (χ1n) is 5.47. The van der Waals surface area contributed by atoms with E-state index in [1.807, 2.05) is 31.2 Å². The number of rotatable bonds is 6. The molecule has 0 N–H and O–H groups in total. The van der Waals surface area contributed by atoms with Gasteiger partial charge in [0.1, 0.15) is 6.61 Å². The standard InChI is InChI=1S/C13H18O2/c1-3-8-15-10-13(14)12-7-5-6-11(4-2)9-12/h5-7,9H,3-4,8,10H2,1-2H3. The number of carbonyl (C=O) groups is 1. The van der Waals surface area contributed by atoms with Crippen LogP contribution in [0.15, 0.2) is 24.3 Å². The van der Waals surface area contributed by atoms with E-state index in [-0.39, 0.29) is 12.4 Å². The molecular weight excluding hydrogens is 188 g/mol. The summed E-state index contributed by atoms with van der Waals surface area (Å²) >= 11 is 0. The molecule has 1 aromatic rings. The van der Waals surface area contributed by atoms with Gasteiger partial charge in [0.25, 0.3) is 0 Å². The molecule has 0 aliphatic heterocycles. The molecule has 15 heavy (non-hydrogen) atoms. The molecule has 0 spiro atoms. The number of ketones is 1. The lowest BCUT2D eigenvalue weighted by atomic mass is 10.1. The smallest absolute Gasteiger partial charge is 0.188 e. The van der Waals surface area contributed by atoms with Crippen molar-refractivity contribution in [1.82, 2.24) is 0 Å². The second-order valence-corrected chi connectivity index (χ2v) is 3.53. The van der Waals surface area contributed by atoms with Gasteiger partial charge in [-0.15, -0.1) is 0 Å². The van der Waals surface area contributed by atoms with E-state index < -0.39 is 0 Å². The quantitative estimate of drug-likeness (QED) is 0.528. The lowest BCUT2D eigenvalue weighted by Crippen LogP contribution is -2.09. The summed E-state index contributed by atoms with van der Waals surface area (Å²) in [5.74, 6) is 0.0683. The molecule has 0 unspecified atom stereocenters. The number of Topliss-reactive ketones (excluding diaryl/α,β-unsaturated/α-hetero) is 1. The number of hydrogen-bond acceptors (Lipinski definition) is 2. The fourth-order valence-corrected chi connectivity index (χ4v) is 1.36. The predicted octanol–water partition coefficient (Wildman–Crippen LogP) is 2.86. The SMILES string of the molecule is CCCOCC(=O)c1cccc(CC)c1. The number of benzene rings is 1. The van der Waals surface area contributed by atoms with Crippen LogP contribution in [-0.2, 0) is 11.2 Å². The van der Waals surface area contributed by atoms with Crippen molar-refractivity contribution in [2.24, 2.45) is 0 Å². The number of carbonyl (C=O) groups excluding carboxylic acids is 1. The molecule has 0 saturated heterocycles. The van der Waals surface area contributed by atoms with Gasteiger partial charge in [-0.05, 0) is 24.5 Å². The van der Waals surface area contributed by atoms with Gasteiger partial charge in [-0.25, -0.2) is 0 Å². The van der Waals surface area contributed by atoms with Crippen LogP contribution in [-0.4, -0.2) is 19.0 Å². The van der Waals surface area contributed by atoms with Crippen LogP contribution in [0.2, 0.25) is 0 Å². The van der Waals surface area contributed by atoms with Gasteiger partial charge in [-0.2, -0.15) is 0 Å². The Morgan fingerprint density at radius 3 is 2.80 bits per heavy atom. The Hall–Kier alpha value is -1.15. The number of hydrogen-bond donors (Lipinski definition) is 0. The maximum absolute atomic E-state index is 11.7. The molecule has 0 aliphatic rings. The van der Waals surface area contributed by atoms with E-state index in [4.69, 9.17) is 4.74 Å². The van der Waals surface area contributed by atoms with Crippen molar-refractivity contribution in [3.8, 4) is 0 Å². The first-order chi connectivity index (χ1) is 7.27. The van der Waals surface area contributed by atoms with Gasteiger partial charge < -0.3 is 4.74 Å². The highest BCUT2D eigenvalue weighted by Gasteiger charge is 2.05. The summed E-state index contributed by atoms with van der Waals surface area (Å²) in [4.78, 5) is 11.7.